The van der Waals surface area contributed by atoms with Crippen molar-refractivity contribution in [2.45, 2.75) is 32.1 Å². The van der Waals surface area contributed by atoms with Gasteiger partial charge in [0.15, 0.2) is 0 Å². The number of rotatable bonds is 3. The minimum Gasteiger partial charge on any atom is -0.339 e. The van der Waals surface area contributed by atoms with Gasteiger partial charge >= 0.3 is 0 Å². The van der Waals surface area contributed by atoms with Crippen LogP contribution < -0.4 is 0 Å². The van der Waals surface area contributed by atoms with Gasteiger partial charge in [-0.3, -0.25) is 4.79 Å². The van der Waals surface area contributed by atoms with Gasteiger partial charge in [-0.2, -0.15) is 0 Å². The summed E-state index contributed by atoms with van der Waals surface area (Å²) < 4.78 is 26.7. The lowest BCUT2D eigenvalue weighted by Crippen LogP contribution is -2.38. The summed E-state index contributed by atoms with van der Waals surface area (Å²) in [4.78, 5) is 14.0. The number of aryl methyl sites for hydroxylation is 1. The largest absolute Gasteiger partial charge is 0.339 e. The van der Waals surface area contributed by atoms with Crippen LogP contribution in [-0.4, -0.2) is 34.1 Å². The van der Waals surface area contributed by atoms with E-state index < -0.39 is 11.6 Å². The smallest absolute Gasteiger partial charge is 0.256 e. The summed E-state index contributed by atoms with van der Waals surface area (Å²) in [7, 11) is 0. The van der Waals surface area contributed by atoms with Crippen molar-refractivity contribution in [2.24, 2.45) is 0 Å². The van der Waals surface area contributed by atoms with E-state index >= 15 is 0 Å². The predicted octanol–water partition coefficient (Wildman–Crippen LogP) is 3.40. The third-order valence-corrected chi connectivity index (χ3v) is 5.31. The first-order chi connectivity index (χ1) is 11.1. The molecule has 7 heteroatoms. The van der Waals surface area contributed by atoms with E-state index in [1.807, 2.05) is 6.92 Å². The Kier molecular flexibility index (Phi) is 4.66. The summed E-state index contributed by atoms with van der Waals surface area (Å²) >= 11 is 1.62. The first kappa shape index (κ1) is 16.0. The number of hydrogen-bond donors (Lipinski definition) is 0. The maximum absolute atomic E-state index is 13.7. The normalized spacial score (nSPS) is 15.9. The second kappa shape index (κ2) is 6.70. The molecule has 1 amide bonds. The van der Waals surface area contributed by atoms with E-state index in [0.717, 1.165) is 41.4 Å². The zero-order chi connectivity index (χ0) is 16.4. The molecular formula is C16H17F2N3OS. The molecule has 0 spiro atoms. The van der Waals surface area contributed by atoms with E-state index in [2.05, 4.69) is 10.2 Å². The average molecular weight is 337 g/mol. The Morgan fingerprint density at radius 2 is 2.04 bits per heavy atom. The Morgan fingerprint density at radius 1 is 1.30 bits per heavy atom. The Hall–Kier alpha value is -1.89. The van der Waals surface area contributed by atoms with Crippen molar-refractivity contribution in [3.05, 3.63) is 45.4 Å². The standard InChI is InChI=1S/C16H17F2N3OS/c1-2-14-19-20-15(23-14)10-5-7-21(8-6-10)16(22)12-4-3-11(17)9-13(12)18/h3-4,9-10H,2,5-8H2,1H3. The highest BCUT2D eigenvalue weighted by molar-refractivity contribution is 7.11. The van der Waals surface area contributed by atoms with Gasteiger partial charge in [0.25, 0.3) is 5.91 Å². The fourth-order valence-corrected chi connectivity index (χ4v) is 3.69. The zero-order valence-electron chi connectivity index (χ0n) is 12.8. The van der Waals surface area contributed by atoms with E-state index in [4.69, 9.17) is 0 Å². The molecule has 3 rings (SSSR count). The molecule has 0 atom stereocenters. The Balaban J connectivity index is 1.65. The molecule has 1 aromatic heterocycles. The summed E-state index contributed by atoms with van der Waals surface area (Å²) in [6, 6.07) is 3.06. The first-order valence-corrected chi connectivity index (χ1v) is 8.46. The highest BCUT2D eigenvalue weighted by Crippen LogP contribution is 2.31. The van der Waals surface area contributed by atoms with Gasteiger partial charge in [-0.1, -0.05) is 6.92 Å². The monoisotopic (exact) mass is 337 g/mol. The highest BCUT2D eigenvalue weighted by Gasteiger charge is 2.27. The van der Waals surface area contributed by atoms with E-state index in [1.165, 1.54) is 6.07 Å². The van der Waals surface area contributed by atoms with Crippen LogP contribution in [0.2, 0.25) is 0 Å². The molecule has 1 aliphatic heterocycles. The van der Waals surface area contributed by atoms with Crippen LogP contribution in [-0.2, 0) is 6.42 Å². The zero-order valence-corrected chi connectivity index (χ0v) is 13.6. The van der Waals surface area contributed by atoms with Crippen molar-refractivity contribution in [1.29, 1.82) is 0 Å². The van der Waals surface area contributed by atoms with Crippen molar-refractivity contribution < 1.29 is 13.6 Å². The predicted molar refractivity (Wildman–Crippen MR) is 83.5 cm³/mol. The van der Waals surface area contributed by atoms with Crippen LogP contribution in [0.3, 0.4) is 0 Å². The molecule has 23 heavy (non-hydrogen) atoms. The Labute approximate surface area is 137 Å². The van der Waals surface area contributed by atoms with E-state index in [-0.39, 0.29) is 11.5 Å². The van der Waals surface area contributed by atoms with Gasteiger partial charge in [0, 0.05) is 25.1 Å². The molecule has 1 fully saturated rings. The van der Waals surface area contributed by atoms with Gasteiger partial charge in [-0.05, 0) is 31.4 Å². The molecule has 2 aromatic rings. The van der Waals surface area contributed by atoms with Gasteiger partial charge in [-0.25, -0.2) is 8.78 Å². The third-order valence-electron chi connectivity index (χ3n) is 4.08. The van der Waals surface area contributed by atoms with Crippen LogP contribution in [0.4, 0.5) is 8.78 Å². The number of aromatic nitrogens is 2. The molecule has 0 N–H and O–H groups in total. The maximum Gasteiger partial charge on any atom is 0.256 e. The first-order valence-electron chi connectivity index (χ1n) is 7.65. The van der Waals surface area contributed by atoms with Crippen LogP contribution in [0.1, 0.15) is 46.1 Å². The molecule has 1 aliphatic rings. The molecule has 0 radical (unpaired) electrons. The lowest BCUT2D eigenvalue weighted by atomic mass is 9.97. The van der Waals surface area contributed by atoms with E-state index in [0.29, 0.717) is 19.0 Å². The molecule has 0 aliphatic carbocycles. The molecule has 4 nitrogen and oxygen atoms in total. The Bertz CT molecular complexity index is 711. The quantitative estimate of drug-likeness (QED) is 0.862. The van der Waals surface area contributed by atoms with Gasteiger partial charge in [0.05, 0.1) is 5.56 Å². The minimum atomic E-state index is -0.811. The lowest BCUT2D eigenvalue weighted by Gasteiger charge is -2.31. The van der Waals surface area contributed by atoms with Gasteiger partial charge < -0.3 is 4.90 Å². The number of nitrogens with zero attached hydrogens (tertiary/aromatic N) is 3. The second-order valence-electron chi connectivity index (χ2n) is 5.58. The maximum atomic E-state index is 13.7. The van der Waals surface area contributed by atoms with Crippen molar-refractivity contribution in [1.82, 2.24) is 15.1 Å². The number of carbonyl (C=O) groups excluding carboxylic acids is 1. The van der Waals surface area contributed by atoms with Crippen molar-refractivity contribution in [2.75, 3.05) is 13.1 Å². The van der Waals surface area contributed by atoms with Gasteiger partial charge in [-0.15, -0.1) is 21.5 Å². The molecule has 0 unspecified atom stereocenters. The number of piperidine rings is 1. The van der Waals surface area contributed by atoms with E-state index in [1.54, 1.807) is 16.2 Å². The average Bonchev–Trinajstić information content (AvgIpc) is 3.03. The number of halogens is 2. The van der Waals surface area contributed by atoms with Crippen LogP contribution in [0.25, 0.3) is 0 Å². The lowest BCUT2D eigenvalue weighted by molar-refractivity contribution is 0.0708. The second-order valence-corrected chi connectivity index (χ2v) is 6.67. The van der Waals surface area contributed by atoms with Gasteiger partial charge in [0.2, 0.25) is 0 Å². The summed E-state index contributed by atoms with van der Waals surface area (Å²) in [5.74, 6) is -1.57. The van der Waals surface area contributed by atoms with Crippen molar-refractivity contribution in [3.63, 3.8) is 0 Å². The van der Waals surface area contributed by atoms with Crippen LogP contribution >= 0.6 is 11.3 Å². The number of benzene rings is 1. The van der Waals surface area contributed by atoms with Crippen LogP contribution in [0, 0.1) is 11.6 Å². The molecule has 0 bridgehead atoms. The molecule has 1 saturated heterocycles. The molecule has 2 heterocycles. The summed E-state index contributed by atoms with van der Waals surface area (Å²) in [5.41, 5.74) is -0.0750. The number of likely N-dealkylation sites (tertiary alicyclic amines) is 1. The van der Waals surface area contributed by atoms with Crippen molar-refractivity contribution >= 4 is 17.2 Å². The SMILES string of the molecule is CCc1nnc(C2CCN(C(=O)c3ccc(F)cc3F)CC2)s1. The summed E-state index contributed by atoms with van der Waals surface area (Å²) in [5, 5.41) is 10.4. The molecule has 0 saturated carbocycles. The summed E-state index contributed by atoms with van der Waals surface area (Å²) in [6.07, 6.45) is 2.44. The number of hydrogen-bond acceptors (Lipinski definition) is 4. The minimum absolute atomic E-state index is 0.0750. The fourth-order valence-electron chi connectivity index (χ4n) is 2.74. The van der Waals surface area contributed by atoms with E-state index in [9.17, 15) is 13.6 Å². The van der Waals surface area contributed by atoms with Crippen molar-refractivity contribution in [3.8, 4) is 0 Å². The topological polar surface area (TPSA) is 46.1 Å². The fraction of sp³-hybridized carbons (Fsp3) is 0.438. The third kappa shape index (κ3) is 3.39. The molecule has 122 valence electrons. The molecule has 1 aromatic carbocycles. The molecular weight excluding hydrogens is 320 g/mol. The summed E-state index contributed by atoms with van der Waals surface area (Å²) in [6.45, 7) is 3.13. The van der Waals surface area contributed by atoms with Gasteiger partial charge in [0.1, 0.15) is 21.6 Å². The highest BCUT2D eigenvalue weighted by atomic mass is 32.1. The Morgan fingerprint density at radius 3 is 2.65 bits per heavy atom. The number of amides is 1. The number of carbonyl (C=O) groups is 1. The van der Waals surface area contributed by atoms with Crippen LogP contribution in [0.15, 0.2) is 18.2 Å². The van der Waals surface area contributed by atoms with Crippen LogP contribution in [0.5, 0.6) is 0 Å².